The van der Waals surface area contributed by atoms with E-state index < -0.39 is 9.84 Å². The molecule has 0 amide bonds. The minimum Gasteiger partial charge on any atom is -0.313 e. The van der Waals surface area contributed by atoms with Crippen molar-refractivity contribution < 1.29 is 8.42 Å². The van der Waals surface area contributed by atoms with Crippen molar-refractivity contribution in [1.29, 1.82) is 0 Å². The van der Waals surface area contributed by atoms with Gasteiger partial charge in [-0.2, -0.15) is 0 Å². The molecule has 0 aromatic carbocycles. The lowest BCUT2D eigenvalue weighted by atomic mass is 9.92. The van der Waals surface area contributed by atoms with E-state index in [0.29, 0.717) is 11.5 Å². The van der Waals surface area contributed by atoms with Gasteiger partial charge in [0.25, 0.3) is 0 Å². The summed E-state index contributed by atoms with van der Waals surface area (Å²) in [6.07, 6.45) is 3.42. The second kappa shape index (κ2) is 5.10. The predicted molar refractivity (Wildman–Crippen MR) is 74.5 cm³/mol. The molecule has 2 aliphatic rings. The monoisotopic (exact) mass is 274 g/mol. The average molecular weight is 274 g/mol. The van der Waals surface area contributed by atoms with Crippen LogP contribution < -0.4 is 5.32 Å². The summed E-state index contributed by atoms with van der Waals surface area (Å²) in [5, 5.41) is 3.56. The van der Waals surface area contributed by atoms with E-state index in [1.807, 2.05) is 0 Å². The van der Waals surface area contributed by atoms with Crippen LogP contribution in [0.15, 0.2) is 0 Å². The van der Waals surface area contributed by atoms with Crippen molar-refractivity contribution in [3.63, 3.8) is 0 Å². The molecule has 2 rings (SSSR count). The Morgan fingerprint density at radius 2 is 1.94 bits per heavy atom. The second-order valence-electron chi connectivity index (χ2n) is 6.79. The van der Waals surface area contributed by atoms with Crippen LogP contribution in [0.25, 0.3) is 0 Å². The molecule has 0 radical (unpaired) electrons. The van der Waals surface area contributed by atoms with E-state index in [-0.39, 0.29) is 11.5 Å². The molecule has 0 aromatic heterocycles. The minimum absolute atomic E-state index is 0.198. The molecule has 1 saturated heterocycles. The zero-order valence-electron chi connectivity index (χ0n) is 11.8. The van der Waals surface area contributed by atoms with Crippen LogP contribution in [0.4, 0.5) is 0 Å². The highest BCUT2D eigenvalue weighted by molar-refractivity contribution is 7.91. The van der Waals surface area contributed by atoms with Crippen molar-refractivity contribution in [2.24, 2.45) is 5.41 Å². The Balaban J connectivity index is 1.80. The third kappa shape index (κ3) is 4.21. The Bertz CT molecular complexity index is 388. The maximum Gasteiger partial charge on any atom is 0.151 e. The maximum absolute atomic E-state index is 11.5. The van der Waals surface area contributed by atoms with E-state index in [1.54, 1.807) is 0 Å². The fourth-order valence-electron chi connectivity index (χ4n) is 2.69. The Labute approximate surface area is 111 Å². The highest BCUT2D eigenvalue weighted by Crippen LogP contribution is 2.24. The smallest absolute Gasteiger partial charge is 0.151 e. The SMILES string of the molecule is CN(CC(C)(C)CNC1CC1)C1CCS(=O)(=O)C1. The highest BCUT2D eigenvalue weighted by atomic mass is 32.2. The lowest BCUT2D eigenvalue weighted by molar-refractivity contribution is 0.167. The largest absolute Gasteiger partial charge is 0.313 e. The molecule has 18 heavy (non-hydrogen) atoms. The molecule has 1 aliphatic carbocycles. The lowest BCUT2D eigenvalue weighted by Gasteiger charge is -2.33. The van der Waals surface area contributed by atoms with Gasteiger partial charge in [-0.1, -0.05) is 13.8 Å². The van der Waals surface area contributed by atoms with Crippen LogP contribution in [-0.4, -0.2) is 57.0 Å². The fraction of sp³-hybridized carbons (Fsp3) is 1.00. The van der Waals surface area contributed by atoms with Gasteiger partial charge in [-0.25, -0.2) is 8.42 Å². The highest BCUT2D eigenvalue weighted by Gasteiger charge is 2.33. The lowest BCUT2D eigenvalue weighted by Crippen LogP contribution is -2.44. The van der Waals surface area contributed by atoms with E-state index >= 15 is 0 Å². The van der Waals surface area contributed by atoms with Gasteiger partial charge >= 0.3 is 0 Å². The van der Waals surface area contributed by atoms with Gasteiger partial charge < -0.3 is 10.2 Å². The number of rotatable bonds is 6. The first kappa shape index (κ1) is 14.3. The molecule has 0 aromatic rings. The normalized spacial score (nSPS) is 27.9. The van der Waals surface area contributed by atoms with Crippen LogP contribution in [0, 0.1) is 5.41 Å². The Kier molecular flexibility index (Phi) is 4.04. The molecule has 1 unspecified atom stereocenters. The Morgan fingerprint density at radius 3 is 2.44 bits per heavy atom. The van der Waals surface area contributed by atoms with Gasteiger partial charge in [-0.3, -0.25) is 0 Å². The molecule has 1 aliphatic heterocycles. The third-order valence-electron chi connectivity index (χ3n) is 3.96. The van der Waals surface area contributed by atoms with Gasteiger partial charge in [0.2, 0.25) is 0 Å². The first-order valence-electron chi connectivity index (χ1n) is 6.91. The summed E-state index contributed by atoms with van der Waals surface area (Å²) in [5.41, 5.74) is 0.198. The first-order chi connectivity index (χ1) is 8.27. The average Bonchev–Trinajstić information content (AvgIpc) is 2.99. The molecular weight excluding hydrogens is 248 g/mol. The van der Waals surface area contributed by atoms with Crippen LogP contribution in [0.5, 0.6) is 0 Å². The minimum atomic E-state index is -2.77. The molecule has 1 N–H and O–H groups in total. The first-order valence-corrected chi connectivity index (χ1v) is 8.74. The molecular formula is C13H26N2O2S. The van der Waals surface area contributed by atoms with E-state index in [2.05, 4.69) is 31.1 Å². The Morgan fingerprint density at radius 1 is 1.28 bits per heavy atom. The number of sulfone groups is 1. The van der Waals surface area contributed by atoms with Gasteiger partial charge in [0.1, 0.15) is 0 Å². The summed E-state index contributed by atoms with van der Waals surface area (Å²) in [6.45, 7) is 6.47. The van der Waals surface area contributed by atoms with Crippen molar-refractivity contribution in [3.05, 3.63) is 0 Å². The standard InChI is InChI=1S/C13H26N2O2S/c1-13(2,9-14-11-4-5-11)10-15(3)12-6-7-18(16,17)8-12/h11-12,14H,4-10H2,1-3H3. The number of nitrogens with zero attached hydrogens (tertiary/aromatic N) is 1. The van der Waals surface area contributed by atoms with Gasteiger partial charge in [-0.05, 0) is 31.7 Å². The molecule has 106 valence electrons. The molecule has 1 heterocycles. The zero-order valence-corrected chi connectivity index (χ0v) is 12.6. The van der Waals surface area contributed by atoms with E-state index in [4.69, 9.17) is 0 Å². The van der Waals surface area contributed by atoms with Gasteiger partial charge in [-0.15, -0.1) is 0 Å². The topological polar surface area (TPSA) is 49.4 Å². The molecule has 5 heteroatoms. The summed E-state index contributed by atoms with van der Waals surface area (Å²) >= 11 is 0. The number of nitrogens with one attached hydrogen (secondary N) is 1. The van der Waals surface area contributed by atoms with E-state index in [1.165, 1.54) is 12.8 Å². The van der Waals surface area contributed by atoms with E-state index in [9.17, 15) is 8.42 Å². The molecule has 1 saturated carbocycles. The molecule has 2 fully saturated rings. The van der Waals surface area contributed by atoms with Crippen molar-refractivity contribution in [1.82, 2.24) is 10.2 Å². The second-order valence-corrected chi connectivity index (χ2v) is 9.02. The van der Waals surface area contributed by atoms with Gasteiger partial charge in [0.15, 0.2) is 9.84 Å². The molecule has 1 atom stereocenters. The fourth-order valence-corrected chi connectivity index (χ4v) is 4.50. The molecule has 0 bridgehead atoms. The van der Waals surface area contributed by atoms with Crippen LogP contribution in [0.1, 0.15) is 33.1 Å². The maximum atomic E-state index is 11.5. The number of hydrogen-bond acceptors (Lipinski definition) is 4. The Hall–Kier alpha value is -0.130. The third-order valence-corrected chi connectivity index (χ3v) is 5.71. The van der Waals surface area contributed by atoms with E-state index in [0.717, 1.165) is 25.6 Å². The van der Waals surface area contributed by atoms with Crippen molar-refractivity contribution in [2.75, 3.05) is 31.6 Å². The van der Waals surface area contributed by atoms with Crippen molar-refractivity contribution in [2.45, 2.75) is 45.2 Å². The zero-order chi connectivity index (χ0) is 13.4. The van der Waals surface area contributed by atoms with Crippen LogP contribution in [-0.2, 0) is 9.84 Å². The quantitative estimate of drug-likeness (QED) is 0.781. The predicted octanol–water partition coefficient (Wildman–Crippen LogP) is 0.884. The van der Waals surface area contributed by atoms with Gasteiger partial charge in [0.05, 0.1) is 11.5 Å². The molecule has 0 spiro atoms. The van der Waals surface area contributed by atoms with Gasteiger partial charge in [0, 0.05) is 25.2 Å². The van der Waals surface area contributed by atoms with Crippen molar-refractivity contribution >= 4 is 9.84 Å². The molecule has 4 nitrogen and oxygen atoms in total. The van der Waals surface area contributed by atoms with Crippen LogP contribution in [0.3, 0.4) is 0 Å². The van der Waals surface area contributed by atoms with Crippen LogP contribution >= 0.6 is 0 Å². The summed E-state index contributed by atoms with van der Waals surface area (Å²) in [7, 11) is -0.709. The van der Waals surface area contributed by atoms with Crippen molar-refractivity contribution in [3.8, 4) is 0 Å². The van der Waals surface area contributed by atoms with Crippen LogP contribution in [0.2, 0.25) is 0 Å². The summed E-state index contributed by atoms with van der Waals surface area (Å²) in [5.74, 6) is 0.707. The summed E-state index contributed by atoms with van der Waals surface area (Å²) < 4.78 is 23.0. The summed E-state index contributed by atoms with van der Waals surface area (Å²) in [6, 6.07) is 0.955. The number of hydrogen-bond donors (Lipinski definition) is 1. The summed E-state index contributed by atoms with van der Waals surface area (Å²) in [4.78, 5) is 2.24.